The Morgan fingerprint density at radius 2 is 1.84 bits per heavy atom. The molecule has 0 fully saturated rings. The van der Waals surface area contributed by atoms with Gasteiger partial charge in [-0.1, -0.05) is 49.4 Å². The summed E-state index contributed by atoms with van der Waals surface area (Å²) in [6, 6.07) is 17.8. The Labute approximate surface area is 116 Å². The first kappa shape index (κ1) is 13.8. The van der Waals surface area contributed by atoms with E-state index >= 15 is 0 Å². The van der Waals surface area contributed by atoms with Gasteiger partial charge >= 0.3 is 0 Å². The summed E-state index contributed by atoms with van der Waals surface area (Å²) >= 11 is 0. The molecule has 0 radical (unpaired) electrons. The predicted molar refractivity (Wildman–Crippen MR) is 83.3 cm³/mol. The summed E-state index contributed by atoms with van der Waals surface area (Å²) in [7, 11) is 0. The van der Waals surface area contributed by atoms with Crippen LogP contribution in [0.5, 0.6) is 0 Å². The molecular formula is C18H23N. The van der Waals surface area contributed by atoms with E-state index in [2.05, 4.69) is 74.6 Å². The van der Waals surface area contributed by atoms with E-state index in [1.807, 2.05) is 0 Å². The molecule has 0 aliphatic rings. The minimum atomic E-state index is 0.406. The third-order valence-electron chi connectivity index (χ3n) is 3.54. The zero-order valence-corrected chi connectivity index (χ0v) is 12.1. The van der Waals surface area contributed by atoms with Gasteiger partial charge in [-0.25, -0.2) is 0 Å². The maximum atomic E-state index is 3.54. The summed E-state index contributed by atoms with van der Waals surface area (Å²) < 4.78 is 0. The van der Waals surface area contributed by atoms with Gasteiger partial charge in [0, 0.05) is 6.04 Å². The van der Waals surface area contributed by atoms with E-state index in [1.165, 1.54) is 28.7 Å². The van der Waals surface area contributed by atoms with E-state index in [4.69, 9.17) is 0 Å². The van der Waals surface area contributed by atoms with Crippen molar-refractivity contribution in [1.82, 2.24) is 5.32 Å². The molecule has 2 rings (SSSR count). The number of aryl methyl sites for hydroxylation is 1. The maximum absolute atomic E-state index is 3.54. The number of rotatable bonds is 5. The Kier molecular flexibility index (Phi) is 4.75. The van der Waals surface area contributed by atoms with E-state index in [0.717, 1.165) is 6.54 Å². The molecule has 0 aliphatic heterocycles. The van der Waals surface area contributed by atoms with Crippen molar-refractivity contribution in [1.29, 1.82) is 0 Å². The molecule has 1 nitrogen and oxygen atoms in total. The Morgan fingerprint density at radius 1 is 1.05 bits per heavy atom. The molecule has 19 heavy (non-hydrogen) atoms. The molecular weight excluding hydrogens is 230 g/mol. The van der Waals surface area contributed by atoms with Gasteiger partial charge in [-0.05, 0) is 55.1 Å². The van der Waals surface area contributed by atoms with Crippen molar-refractivity contribution < 1.29 is 0 Å². The highest BCUT2D eigenvalue weighted by atomic mass is 14.9. The molecule has 0 saturated heterocycles. The van der Waals surface area contributed by atoms with Crippen LogP contribution in [-0.4, -0.2) is 6.54 Å². The van der Waals surface area contributed by atoms with E-state index in [-0.39, 0.29) is 0 Å². The van der Waals surface area contributed by atoms with E-state index < -0.39 is 0 Å². The van der Waals surface area contributed by atoms with Crippen LogP contribution in [0.25, 0.3) is 11.1 Å². The first-order valence-corrected chi connectivity index (χ1v) is 7.11. The molecule has 1 N–H and O–H groups in total. The molecule has 0 spiro atoms. The maximum Gasteiger partial charge on any atom is 0.0292 e. The lowest BCUT2D eigenvalue weighted by Crippen LogP contribution is -2.19. The fourth-order valence-corrected chi connectivity index (χ4v) is 2.35. The van der Waals surface area contributed by atoms with Crippen LogP contribution < -0.4 is 5.32 Å². The standard InChI is InChI=1S/C18H23N/c1-4-12-19-15(3)16-9-7-10-17(13-16)18-11-6-5-8-14(18)2/h5-11,13,15,19H,4,12H2,1-3H3. The third-order valence-corrected chi connectivity index (χ3v) is 3.54. The number of nitrogens with one attached hydrogen (secondary N) is 1. The average Bonchev–Trinajstić information content (AvgIpc) is 2.45. The first-order valence-electron chi connectivity index (χ1n) is 7.11. The number of benzene rings is 2. The molecule has 2 aromatic carbocycles. The number of hydrogen-bond acceptors (Lipinski definition) is 1. The smallest absolute Gasteiger partial charge is 0.0292 e. The van der Waals surface area contributed by atoms with Gasteiger partial charge in [0.05, 0.1) is 0 Å². The monoisotopic (exact) mass is 253 g/mol. The van der Waals surface area contributed by atoms with Gasteiger partial charge in [0.25, 0.3) is 0 Å². The molecule has 0 bridgehead atoms. The summed E-state index contributed by atoms with van der Waals surface area (Å²) in [6.45, 7) is 7.66. The van der Waals surface area contributed by atoms with Gasteiger partial charge in [0.1, 0.15) is 0 Å². The quantitative estimate of drug-likeness (QED) is 0.812. The van der Waals surface area contributed by atoms with Crippen molar-refractivity contribution in [2.45, 2.75) is 33.2 Å². The molecule has 0 saturated carbocycles. The summed E-state index contributed by atoms with van der Waals surface area (Å²) in [5.41, 5.74) is 5.32. The van der Waals surface area contributed by atoms with Gasteiger partial charge in [0.15, 0.2) is 0 Å². The molecule has 100 valence electrons. The Hall–Kier alpha value is -1.60. The molecule has 0 aromatic heterocycles. The molecule has 2 aromatic rings. The summed E-state index contributed by atoms with van der Waals surface area (Å²) in [4.78, 5) is 0. The highest BCUT2D eigenvalue weighted by Crippen LogP contribution is 2.25. The van der Waals surface area contributed by atoms with Gasteiger partial charge in [-0.2, -0.15) is 0 Å². The highest BCUT2D eigenvalue weighted by molar-refractivity contribution is 5.67. The first-order chi connectivity index (χ1) is 9.22. The Balaban J connectivity index is 2.27. The number of hydrogen-bond donors (Lipinski definition) is 1. The van der Waals surface area contributed by atoms with Crippen LogP contribution in [-0.2, 0) is 0 Å². The topological polar surface area (TPSA) is 12.0 Å². The SMILES string of the molecule is CCCNC(C)c1cccc(-c2ccccc2C)c1. The summed E-state index contributed by atoms with van der Waals surface area (Å²) in [6.07, 6.45) is 1.17. The second-order valence-electron chi connectivity index (χ2n) is 5.12. The van der Waals surface area contributed by atoms with Crippen molar-refractivity contribution in [3.8, 4) is 11.1 Å². The van der Waals surface area contributed by atoms with E-state index in [9.17, 15) is 0 Å². The van der Waals surface area contributed by atoms with Crippen molar-refractivity contribution in [2.75, 3.05) is 6.54 Å². The van der Waals surface area contributed by atoms with Crippen LogP contribution in [0.2, 0.25) is 0 Å². The van der Waals surface area contributed by atoms with Gasteiger partial charge < -0.3 is 5.32 Å². The van der Waals surface area contributed by atoms with Crippen LogP contribution in [0, 0.1) is 6.92 Å². The zero-order valence-electron chi connectivity index (χ0n) is 12.1. The van der Waals surface area contributed by atoms with Crippen molar-refractivity contribution in [3.63, 3.8) is 0 Å². The van der Waals surface area contributed by atoms with Gasteiger partial charge in [-0.15, -0.1) is 0 Å². The fourth-order valence-electron chi connectivity index (χ4n) is 2.35. The molecule has 1 unspecified atom stereocenters. The predicted octanol–water partition coefficient (Wildman–Crippen LogP) is 4.72. The van der Waals surface area contributed by atoms with Crippen molar-refractivity contribution >= 4 is 0 Å². The summed E-state index contributed by atoms with van der Waals surface area (Å²) in [5.74, 6) is 0. The molecule has 1 heteroatoms. The largest absolute Gasteiger partial charge is 0.310 e. The molecule has 0 aliphatic carbocycles. The highest BCUT2D eigenvalue weighted by Gasteiger charge is 2.06. The minimum absolute atomic E-state index is 0.406. The summed E-state index contributed by atoms with van der Waals surface area (Å²) in [5, 5.41) is 3.54. The molecule has 0 amide bonds. The van der Waals surface area contributed by atoms with Crippen LogP contribution in [0.1, 0.15) is 37.4 Å². The van der Waals surface area contributed by atoms with Crippen molar-refractivity contribution in [3.05, 3.63) is 59.7 Å². The van der Waals surface area contributed by atoms with Crippen molar-refractivity contribution in [2.24, 2.45) is 0 Å². The van der Waals surface area contributed by atoms with Crippen LogP contribution in [0.15, 0.2) is 48.5 Å². The van der Waals surface area contributed by atoms with E-state index in [1.54, 1.807) is 0 Å². The third kappa shape index (κ3) is 3.45. The second kappa shape index (κ2) is 6.53. The second-order valence-corrected chi connectivity index (χ2v) is 5.12. The van der Waals surface area contributed by atoms with Gasteiger partial charge in [-0.3, -0.25) is 0 Å². The Morgan fingerprint density at radius 3 is 2.58 bits per heavy atom. The lowest BCUT2D eigenvalue weighted by molar-refractivity contribution is 0.571. The van der Waals surface area contributed by atoms with Crippen LogP contribution >= 0.6 is 0 Å². The lowest BCUT2D eigenvalue weighted by Gasteiger charge is -2.15. The zero-order chi connectivity index (χ0) is 13.7. The Bertz CT molecular complexity index is 531. The minimum Gasteiger partial charge on any atom is -0.310 e. The lowest BCUT2D eigenvalue weighted by atomic mass is 9.97. The molecule has 1 atom stereocenters. The molecule has 0 heterocycles. The normalized spacial score (nSPS) is 12.4. The van der Waals surface area contributed by atoms with E-state index in [0.29, 0.717) is 6.04 Å². The average molecular weight is 253 g/mol. The fraction of sp³-hybridized carbons (Fsp3) is 0.333. The van der Waals surface area contributed by atoms with Crippen LogP contribution in [0.3, 0.4) is 0 Å². The van der Waals surface area contributed by atoms with Crippen LogP contribution in [0.4, 0.5) is 0 Å². The van der Waals surface area contributed by atoms with Gasteiger partial charge in [0.2, 0.25) is 0 Å².